The van der Waals surface area contributed by atoms with Crippen LogP contribution in [-0.4, -0.2) is 19.7 Å². The van der Waals surface area contributed by atoms with Gasteiger partial charge in [0.25, 0.3) is 0 Å². The van der Waals surface area contributed by atoms with Crippen LogP contribution in [0.3, 0.4) is 0 Å². The zero-order chi connectivity index (χ0) is 13.0. The second-order valence-corrected chi connectivity index (χ2v) is 5.07. The second kappa shape index (κ2) is 6.21. The lowest BCUT2D eigenvalue weighted by molar-refractivity contribution is 0.320. The minimum absolute atomic E-state index is 0.154. The summed E-state index contributed by atoms with van der Waals surface area (Å²) in [5, 5.41) is 3.38. The molecule has 1 atom stereocenters. The maximum Gasteiger partial charge on any atom is 0.122 e. The molecule has 0 aliphatic carbocycles. The lowest BCUT2D eigenvalue weighted by Crippen LogP contribution is -2.33. The largest absolute Gasteiger partial charge is 0.494 e. The standard InChI is InChI=1S/C15H24N2O/c1-3-18-14-5-4-13(10-11(14)2)15(16)12-6-8-17-9-7-12/h4-5,10,12,15,17H,3,6-9,16H2,1-2H3. The first-order valence-electron chi connectivity index (χ1n) is 6.92. The normalized spacial score (nSPS) is 18.6. The van der Waals surface area contributed by atoms with E-state index < -0.39 is 0 Å². The van der Waals surface area contributed by atoms with Crippen LogP contribution in [-0.2, 0) is 0 Å². The van der Waals surface area contributed by atoms with Crippen LogP contribution in [0, 0.1) is 12.8 Å². The van der Waals surface area contributed by atoms with Crippen molar-refractivity contribution in [2.24, 2.45) is 11.7 Å². The van der Waals surface area contributed by atoms with Gasteiger partial charge in [0.05, 0.1) is 6.61 Å². The second-order valence-electron chi connectivity index (χ2n) is 5.07. The molecule has 0 saturated carbocycles. The lowest BCUT2D eigenvalue weighted by atomic mass is 9.86. The molecule has 1 aromatic rings. The highest BCUT2D eigenvalue weighted by atomic mass is 16.5. The minimum atomic E-state index is 0.154. The van der Waals surface area contributed by atoms with E-state index in [0.29, 0.717) is 12.5 Å². The fourth-order valence-corrected chi connectivity index (χ4v) is 2.67. The van der Waals surface area contributed by atoms with E-state index >= 15 is 0 Å². The minimum Gasteiger partial charge on any atom is -0.494 e. The van der Waals surface area contributed by atoms with E-state index in [1.165, 1.54) is 24.0 Å². The predicted molar refractivity (Wildman–Crippen MR) is 74.9 cm³/mol. The summed E-state index contributed by atoms with van der Waals surface area (Å²) in [6.45, 7) is 6.99. The van der Waals surface area contributed by atoms with E-state index in [2.05, 4.69) is 30.4 Å². The van der Waals surface area contributed by atoms with Gasteiger partial charge in [0, 0.05) is 6.04 Å². The highest BCUT2D eigenvalue weighted by molar-refractivity contribution is 5.37. The van der Waals surface area contributed by atoms with Crippen LogP contribution < -0.4 is 15.8 Å². The van der Waals surface area contributed by atoms with Gasteiger partial charge < -0.3 is 15.8 Å². The van der Waals surface area contributed by atoms with E-state index in [4.69, 9.17) is 10.5 Å². The quantitative estimate of drug-likeness (QED) is 0.860. The van der Waals surface area contributed by atoms with Gasteiger partial charge in [-0.25, -0.2) is 0 Å². The van der Waals surface area contributed by atoms with Crippen LogP contribution in [0.5, 0.6) is 5.75 Å². The third-order valence-corrected chi connectivity index (χ3v) is 3.78. The fourth-order valence-electron chi connectivity index (χ4n) is 2.67. The molecule has 0 bridgehead atoms. The van der Waals surface area contributed by atoms with Gasteiger partial charge in [0.15, 0.2) is 0 Å². The van der Waals surface area contributed by atoms with Crippen LogP contribution >= 0.6 is 0 Å². The average Bonchev–Trinajstić information content (AvgIpc) is 2.41. The Hall–Kier alpha value is -1.06. The van der Waals surface area contributed by atoms with Crippen molar-refractivity contribution in [3.63, 3.8) is 0 Å². The molecule has 1 unspecified atom stereocenters. The van der Waals surface area contributed by atoms with Gasteiger partial charge in [-0.2, -0.15) is 0 Å². The first kappa shape index (κ1) is 13.4. The molecule has 3 nitrogen and oxygen atoms in total. The molecule has 1 aromatic carbocycles. The van der Waals surface area contributed by atoms with E-state index in [1.807, 2.05) is 6.92 Å². The maximum absolute atomic E-state index is 6.39. The SMILES string of the molecule is CCOc1ccc(C(N)C2CCNCC2)cc1C. The topological polar surface area (TPSA) is 47.3 Å². The number of benzene rings is 1. The molecule has 1 aliphatic heterocycles. The summed E-state index contributed by atoms with van der Waals surface area (Å²) >= 11 is 0. The molecule has 1 saturated heterocycles. The molecule has 0 spiro atoms. The summed E-state index contributed by atoms with van der Waals surface area (Å²) < 4.78 is 5.57. The molecule has 1 aliphatic rings. The number of rotatable bonds is 4. The van der Waals surface area contributed by atoms with Crippen molar-refractivity contribution >= 4 is 0 Å². The van der Waals surface area contributed by atoms with E-state index in [1.54, 1.807) is 0 Å². The Bertz CT molecular complexity index is 386. The lowest BCUT2D eigenvalue weighted by Gasteiger charge is -2.28. The number of nitrogens with one attached hydrogen (secondary N) is 1. The Kier molecular flexibility index (Phi) is 4.61. The number of hydrogen-bond donors (Lipinski definition) is 2. The first-order chi connectivity index (χ1) is 8.72. The Balaban J connectivity index is 2.10. The zero-order valence-corrected chi connectivity index (χ0v) is 11.4. The summed E-state index contributed by atoms with van der Waals surface area (Å²) in [5.41, 5.74) is 8.81. The number of nitrogens with two attached hydrogens (primary N) is 1. The summed E-state index contributed by atoms with van der Waals surface area (Å²) in [5.74, 6) is 1.57. The molecular formula is C15H24N2O. The van der Waals surface area contributed by atoms with E-state index in [-0.39, 0.29) is 6.04 Å². The van der Waals surface area contributed by atoms with Crippen molar-refractivity contribution in [2.45, 2.75) is 32.7 Å². The highest BCUT2D eigenvalue weighted by Gasteiger charge is 2.21. The van der Waals surface area contributed by atoms with Gasteiger partial charge >= 0.3 is 0 Å². The summed E-state index contributed by atoms with van der Waals surface area (Å²) in [7, 11) is 0. The zero-order valence-electron chi connectivity index (χ0n) is 11.4. The van der Waals surface area contributed by atoms with Crippen LogP contribution in [0.15, 0.2) is 18.2 Å². The van der Waals surface area contributed by atoms with Gasteiger partial charge in [0.2, 0.25) is 0 Å². The molecule has 1 heterocycles. The number of ether oxygens (including phenoxy) is 1. The van der Waals surface area contributed by atoms with Crippen molar-refractivity contribution in [3.05, 3.63) is 29.3 Å². The molecule has 2 rings (SSSR count). The maximum atomic E-state index is 6.39. The smallest absolute Gasteiger partial charge is 0.122 e. The van der Waals surface area contributed by atoms with Gasteiger partial charge in [-0.3, -0.25) is 0 Å². The average molecular weight is 248 g/mol. The molecule has 100 valence electrons. The monoisotopic (exact) mass is 248 g/mol. The first-order valence-corrected chi connectivity index (χ1v) is 6.92. The molecular weight excluding hydrogens is 224 g/mol. The van der Waals surface area contributed by atoms with Gasteiger partial charge in [0.1, 0.15) is 5.75 Å². The number of piperidine rings is 1. The number of hydrogen-bond acceptors (Lipinski definition) is 3. The Morgan fingerprint density at radius 3 is 2.72 bits per heavy atom. The Morgan fingerprint density at radius 2 is 2.11 bits per heavy atom. The summed E-state index contributed by atoms with van der Waals surface area (Å²) in [4.78, 5) is 0. The third-order valence-electron chi connectivity index (χ3n) is 3.78. The Labute approximate surface area is 110 Å². The van der Waals surface area contributed by atoms with Crippen molar-refractivity contribution < 1.29 is 4.74 Å². The van der Waals surface area contributed by atoms with Crippen LogP contribution in [0.2, 0.25) is 0 Å². The van der Waals surface area contributed by atoms with Crippen LogP contribution in [0.25, 0.3) is 0 Å². The molecule has 3 N–H and O–H groups in total. The van der Waals surface area contributed by atoms with Crippen molar-refractivity contribution in [1.82, 2.24) is 5.32 Å². The van der Waals surface area contributed by atoms with Crippen LogP contribution in [0.4, 0.5) is 0 Å². The molecule has 18 heavy (non-hydrogen) atoms. The summed E-state index contributed by atoms with van der Waals surface area (Å²) in [6, 6.07) is 6.50. The van der Waals surface area contributed by atoms with E-state index in [0.717, 1.165) is 18.8 Å². The molecule has 1 fully saturated rings. The van der Waals surface area contributed by atoms with Gasteiger partial charge in [-0.1, -0.05) is 12.1 Å². The highest BCUT2D eigenvalue weighted by Crippen LogP contribution is 2.29. The molecule has 0 amide bonds. The van der Waals surface area contributed by atoms with Crippen molar-refractivity contribution in [3.8, 4) is 5.75 Å². The van der Waals surface area contributed by atoms with Crippen molar-refractivity contribution in [2.75, 3.05) is 19.7 Å². The van der Waals surface area contributed by atoms with Crippen LogP contribution in [0.1, 0.15) is 36.9 Å². The summed E-state index contributed by atoms with van der Waals surface area (Å²) in [6.07, 6.45) is 2.35. The molecule has 0 radical (unpaired) electrons. The van der Waals surface area contributed by atoms with Crippen molar-refractivity contribution in [1.29, 1.82) is 0 Å². The van der Waals surface area contributed by atoms with Gasteiger partial charge in [-0.05, 0) is 62.9 Å². The predicted octanol–water partition coefficient (Wildman–Crippen LogP) is 2.39. The molecule has 3 heteroatoms. The molecule has 0 aromatic heterocycles. The Morgan fingerprint density at radius 1 is 1.39 bits per heavy atom. The number of aryl methyl sites for hydroxylation is 1. The fraction of sp³-hybridized carbons (Fsp3) is 0.600. The van der Waals surface area contributed by atoms with E-state index in [9.17, 15) is 0 Å². The third kappa shape index (κ3) is 3.03. The van der Waals surface area contributed by atoms with Gasteiger partial charge in [-0.15, -0.1) is 0 Å².